The van der Waals surface area contributed by atoms with Gasteiger partial charge < -0.3 is 84.2 Å². The van der Waals surface area contributed by atoms with E-state index < -0.39 is 128 Å². The van der Waals surface area contributed by atoms with Crippen molar-refractivity contribution in [2.45, 2.75) is 249 Å². The van der Waals surface area contributed by atoms with E-state index in [9.17, 15) is 51.1 Å². The van der Waals surface area contributed by atoms with Crippen LogP contribution in [0.1, 0.15) is 127 Å². The fourth-order valence-electron chi connectivity index (χ4n) is 15.5. The highest BCUT2D eigenvalue weighted by Crippen LogP contribution is 2.76. The Balaban J connectivity index is 1.06. The zero-order chi connectivity index (χ0) is 47.7. The zero-order valence-electron chi connectivity index (χ0n) is 40.1. The number of ether oxygens (including phenoxy) is 7. The summed E-state index contributed by atoms with van der Waals surface area (Å²) in [6.07, 6.45) is -16.0. The molecule has 0 spiro atoms. The molecule has 17 heteroatoms. The van der Waals surface area contributed by atoms with E-state index in [0.29, 0.717) is 12.8 Å². The smallest absolute Gasteiger partial charge is 0.187 e. The molecule has 10 N–H and O–H groups in total. The highest BCUT2D eigenvalue weighted by molar-refractivity contribution is 5.21. The maximum absolute atomic E-state index is 12.5. The van der Waals surface area contributed by atoms with Gasteiger partial charge in [-0.2, -0.15) is 0 Å². The van der Waals surface area contributed by atoms with E-state index in [1.165, 1.54) is 13.8 Å². The zero-order valence-corrected chi connectivity index (χ0v) is 40.1. The molecular formula is C48H82O17. The fraction of sp³-hybridized carbons (Fsp3) is 1.00. The quantitative estimate of drug-likeness (QED) is 0.146. The van der Waals surface area contributed by atoms with Crippen molar-refractivity contribution in [3.8, 4) is 0 Å². The molecule has 26 atom stereocenters. The van der Waals surface area contributed by atoms with Gasteiger partial charge in [-0.15, -0.1) is 0 Å². The summed E-state index contributed by atoms with van der Waals surface area (Å²) in [5, 5.41) is 110. The highest BCUT2D eigenvalue weighted by Gasteiger charge is 2.72. The Hall–Kier alpha value is -0.680. The lowest BCUT2D eigenvalue weighted by Gasteiger charge is -2.71. The van der Waals surface area contributed by atoms with E-state index in [1.807, 2.05) is 13.8 Å². The third-order valence-electron chi connectivity index (χ3n) is 19.5. The van der Waals surface area contributed by atoms with Gasteiger partial charge in [-0.05, 0) is 138 Å². The summed E-state index contributed by atoms with van der Waals surface area (Å²) >= 11 is 0. The topological polar surface area (TPSA) is 267 Å². The van der Waals surface area contributed by atoms with Crippen LogP contribution in [-0.2, 0) is 33.2 Å². The van der Waals surface area contributed by atoms with Crippen LogP contribution in [0, 0.1) is 45.3 Å². The summed E-state index contributed by atoms with van der Waals surface area (Å²) in [6, 6.07) is 0. The average molecular weight is 931 g/mol. The molecule has 4 heterocycles. The predicted molar refractivity (Wildman–Crippen MR) is 230 cm³/mol. The van der Waals surface area contributed by atoms with Crippen LogP contribution in [-0.4, -0.2) is 179 Å². The van der Waals surface area contributed by atoms with Gasteiger partial charge in [0.1, 0.15) is 61.0 Å². The molecule has 0 radical (unpaired) electrons. The first kappa shape index (κ1) is 50.7. The molecule has 4 saturated heterocycles. The second kappa shape index (κ2) is 17.6. The average Bonchev–Trinajstić information content (AvgIpc) is 3.84. The van der Waals surface area contributed by atoms with Gasteiger partial charge in [0.15, 0.2) is 18.9 Å². The number of fused-ring (bicyclic) bond motifs is 5. The summed E-state index contributed by atoms with van der Waals surface area (Å²) in [7, 11) is 0. The summed E-state index contributed by atoms with van der Waals surface area (Å²) < 4.78 is 44.3. The van der Waals surface area contributed by atoms with E-state index >= 15 is 0 Å². The fourth-order valence-corrected chi connectivity index (χ4v) is 15.5. The monoisotopic (exact) mass is 931 g/mol. The van der Waals surface area contributed by atoms with Crippen LogP contribution in [0.2, 0.25) is 0 Å². The molecule has 0 aromatic rings. The van der Waals surface area contributed by atoms with Crippen LogP contribution >= 0.6 is 0 Å². The number of hydrogen-bond acceptors (Lipinski definition) is 17. The van der Waals surface area contributed by atoms with Gasteiger partial charge in [0.25, 0.3) is 0 Å². The molecule has 4 aliphatic heterocycles. The Bertz CT molecular complexity index is 1680. The van der Waals surface area contributed by atoms with Crippen molar-refractivity contribution in [3.05, 3.63) is 0 Å². The minimum atomic E-state index is -1.76. The molecule has 4 saturated carbocycles. The lowest BCUT2D eigenvalue weighted by molar-refractivity contribution is -0.397. The van der Waals surface area contributed by atoms with Crippen molar-refractivity contribution in [3.63, 3.8) is 0 Å². The number of hydrogen-bond donors (Lipinski definition) is 10. The Morgan fingerprint density at radius 3 is 1.71 bits per heavy atom. The standard InChI is InChI=1S/C48H82O17/c1-21-31(51)34(54)36(56)40(59-21)63-38-33(53)25(20-49)61-42(39(38)64-41-37(57)35(55)32(52)22(2)60-41)62-28-13-15-45(7)26(43(28,3)4)12-17-46(8)27(45)19-24(50)30-23(11-16-47(30,46)9)48(10)18-14-29(65-48)44(5,6)58/h21-42,49-58H,11-20H2,1-10H3/t21-,22-,23-,24+,25+,26-,27+,28-,29-,30-,31-,32-,33+,34+,35+,36+,37+,38-,39+,40-,41-,42-,45-,46+,47+,48-/m0/s1. The van der Waals surface area contributed by atoms with Gasteiger partial charge in [-0.1, -0.05) is 34.6 Å². The molecule has 4 aliphatic carbocycles. The van der Waals surface area contributed by atoms with Gasteiger partial charge in [0.2, 0.25) is 0 Å². The maximum Gasteiger partial charge on any atom is 0.187 e. The molecule has 8 rings (SSSR count). The van der Waals surface area contributed by atoms with Gasteiger partial charge in [-0.25, -0.2) is 0 Å². The first-order chi connectivity index (χ1) is 30.1. The molecular weight excluding hydrogens is 849 g/mol. The number of rotatable bonds is 9. The van der Waals surface area contributed by atoms with Gasteiger partial charge in [-0.3, -0.25) is 0 Å². The second-order valence-corrected chi connectivity index (χ2v) is 23.8. The van der Waals surface area contributed by atoms with Crippen molar-refractivity contribution >= 4 is 0 Å². The Labute approximate surface area is 384 Å². The molecule has 8 fully saturated rings. The van der Waals surface area contributed by atoms with Crippen LogP contribution in [0.25, 0.3) is 0 Å². The molecule has 8 aliphatic rings. The SMILES string of the molecule is C[C@@H]1O[C@@H](O[C@H]2[C@H](O[C@H]3CC[C@]4(C)[C@H]5C[C@@H](O)[C@@H]6[C@@H]([C@]7(C)CC[C@@H](C(C)(C)O)O7)CC[C@@]6(C)[C@]5(C)CC[C@H]4C3(C)C)O[C@H](CO)[C@@H](O)[C@@H]2O[C@@H]2O[C@@H](C)[C@H](O)[C@@H](O)[C@H]2O)[C@H](O)[C@H](O)[C@H]1O. The summed E-state index contributed by atoms with van der Waals surface area (Å²) in [6.45, 7) is 19.8. The minimum absolute atomic E-state index is 0.0585. The number of aliphatic hydroxyl groups is 10. The summed E-state index contributed by atoms with van der Waals surface area (Å²) in [5.74, 6) is 0.562. The van der Waals surface area contributed by atoms with Crippen molar-refractivity contribution in [1.29, 1.82) is 0 Å². The van der Waals surface area contributed by atoms with Crippen molar-refractivity contribution < 1.29 is 84.2 Å². The maximum atomic E-state index is 12.5. The largest absolute Gasteiger partial charge is 0.394 e. The molecule has 0 amide bonds. The molecule has 0 aromatic heterocycles. The van der Waals surface area contributed by atoms with Crippen molar-refractivity contribution in [1.82, 2.24) is 0 Å². The van der Waals surface area contributed by atoms with Gasteiger partial charge >= 0.3 is 0 Å². The van der Waals surface area contributed by atoms with Crippen LogP contribution in [0.5, 0.6) is 0 Å². The van der Waals surface area contributed by atoms with Gasteiger partial charge in [0, 0.05) is 0 Å². The molecule has 17 nitrogen and oxygen atoms in total. The Morgan fingerprint density at radius 2 is 1.15 bits per heavy atom. The minimum Gasteiger partial charge on any atom is -0.394 e. The van der Waals surface area contributed by atoms with Crippen LogP contribution in [0.4, 0.5) is 0 Å². The lowest BCUT2D eigenvalue weighted by Crippen LogP contribution is -2.68. The number of aliphatic hydroxyl groups excluding tert-OH is 9. The van der Waals surface area contributed by atoms with Crippen molar-refractivity contribution in [2.24, 2.45) is 45.3 Å². The van der Waals surface area contributed by atoms with E-state index in [0.717, 1.165) is 44.9 Å². The Morgan fingerprint density at radius 1 is 0.585 bits per heavy atom. The van der Waals surface area contributed by atoms with Gasteiger partial charge in [0.05, 0.1) is 48.3 Å². The highest BCUT2D eigenvalue weighted by atomic mass is 16.8. The first-order valence-electron chi connectivity index (χ1n) is 24.5. The first-order valence-corrected chi connectivity index (χ1v) is 24.5. The lowest BCUT2D eigenvalue weighted by atomic mass is 9.35. The van der Waals surface area contributed by atoms with Crippen LogP contribution < -0.4 is 0 Å². The van der Waals surface area contributed by atoms with Crippen molar-refractivity contribution in [2.75, 3.05) is 6.61 Å². The predicted octanol–water partition coefficient (Wildman–Crippen LogP) is 1.24. The second-order valence-electron chi connectivity index (χ2n) is 23.8. The van der Waals surface area contributed by atoms with E-state index in [-0.39, 0.29) is 46.0 Å². The molecule has 376 valence electrons. The van der Waals surface area contributed by atoms with Crippen LogP contribution in [0.3, 0.4) is 0 Å². The normalized spacial score (nSPS) is 57.0. The van der Waals surface area contributed by atoms with E-state index in [4.69, 9.17) is 33.2 Å². The summed E-state index contributed by atoms with van der Waals surface area (Å²) in [5.41, 5.74) is -2.29. The molecule has 0 aromatic carbocycles. The summed E-state index contributed by atoms with van der Waals surface area (Å²) in [4.78, 5) is 0. The molecule has 0 unspecified atom stereocenters. The molecule has 0 bridgehead atoms. The van der Waals surface area contributed by atoms with E-state index in [1.54, 1.807) is 0 Å². The third-order valence-corrected chi connectivity index (χ3v) is 19.5. The van der Waals surface area contributed by atoms with E-state index in [2.05, 4.69) is 41.5 Å². The molecule has 65 heavy (non-hydrogen) atoms. The van der Waals surface area contributed by atoms with Crippen LogP contribution in [0.15, 0.2) is 0 Å². The third kappa shape index (κ3) is 8.11. The Kier molecular flexibility index (Phi) is 13.7.